The Morgan fingerprint density at radius 1 is 0.889 bits per heavy atom. The lowest BCUT2D eigenvalue weighted by Crippen LogP contribution is -2.32. The van der Waals surface area contributed by atoms with Crippen molar-refractivity contribution in [3.63, 3.8) is 0 Å². The molecule has 54 heavy (non-hydrogen) atoms. The normalized spacial score (nSPS) is 12.4. The summed E-state index contributed by atoms with van der Waals surface area (Å²) in [6, 6.07) is 19.5. The summed E-state index contributed by atoms with van der Waals surface area (Å²) in [7, 11) is 3.30. The lowest BCUT2D eigenvalue weighted by atomic mass is 9.79. The molecule has 0 amide bonds. The summed E-state index contributed by atoms with van der Waals surface area (Å²) < 4.78 is 15.6. The van der Waals surface area contributed by atoms with Crippen LogP contribution in [0.15, 0.2) is 73.3 Å². The molecule has 8 aromatic rings. The van der Waals surface area contributed by atoms with Crippen molar-refractivity contribution in [1.29, 1.82) is 10.5 Å². The number of aromatic amines is 2. The number of aliphatic hydroxyl groups is 1. The molecule has 12 heteroatoms. The van der Waals surface area contributed by atoms with Gasteiger partial charge in [0.05, 0.1) is 61.8 Å². The Labute approximate surface area is 310 Å². The third kappa shape index (κ3) is 5.47. The van der Waals surface area contributed by atoms with Gasteiger partial charge in [-0.25, -0.2) is 0 Å². The SMILES string of the molecule is COc1cc(C)c2[nH]ccc2c1Cn1cc2cc(Cc3cc(OC)c(C(n4cc5ccc(C#N)cc5n4)C(C)(C)CO)c4cc[nH]c34)c(C#N)c(N)c2n1. The Bertz CT molecular complexity index is 2840. The second-order valence-electron chi connectivity index (χ2n) is 14.5. The number of nitrogens with one attached hydrogen (secondary N) is 2. The van der Waals surface area contributed by atoms with Crippen molar-refractivity contribution in [2.24, 2.45) is 5.41 Å². The van der Waals surface area contributed by atoms with Crippen LogP contribution in [0.5, 0.6) is 11.5 Å². The van der Waals surface area contributed by atoms with E-state index in [2.05, 4.69) is 22.1 Å². The molecule has 0 radical (unpaired) electrons. The number of aromatic nitrogens is 6. The number of ether oxygens (including phenoxy) is 2. The van der Waals surface area contributed by atoms with E-state index in [9.17, 15) is 15.6 Å². The van der Waals surface area contributed by atoms with Gasteiger partial charge in [0, 0.05) is 80.3 Å². The Kier molecular flexibility index (Phi) is 8.28. The number of nitrogens with two attached hydrogens (primary N) is 1. The number of fused-ring (bicyclic) bond motifs is 4. The van der Waals surface area contributed by atoms with Gasteiger partial charge in [-0.1, -0.05) is 13.8 Å². The number of aryl methyl sites for hydroxylation is 1. The largest absolute Gasteiger partial charge is 0.496 e. The minimum Gasteiger partial charge on any atom is -0.496 e. The summed E-state index contributed by atoms with van der Waals surface area (Å²) in [6.07, 6.45) is 8.08. The topological polar surface area (TPSA) is 180 Å². The van der Waals surface area contributed by atoms with Gasteiger partial charge < -0.3 is 30.3 Å². The fourth-order valence-electron chi connectivity index (χ4n) is 7.90. The first-order valence-corrected chi connectivity index (χ1v) is 17.6. The highest BCUT2D eigenvalue weighted by atomic mass is 16.5. The molecule has 4 heterocycles. The second-order valence-corrected chi connectivity index (χ2v) is 14.5. The van der Waals surface area contributed by atoms with E-state index in [0.717, 1.165) is 66.1 Å². The number of methoxy groups -OCH3 is 2. The van der Waals surface area contributed by atoms with Gasteiger partial charge in [0.25, 0.3) is 0 Å². The smallest absolute Gasteiger partial charge is 0.125 e. The molecule has 0 saturated heterocycles. The molecule has 0 aliphatic carbocycles. The standard InChI is InChI=1S/C42H39N9O3/c1-23-12-34(53-4)32(29-8-10-46-38(23)29)21-50-19-28-15-26(31(18-44)37(45)40(28)49-50)14-27-16-35(54-5)36(30-9-11-47-39(27)30)41(42(2,3)22-52)51-20-25-7-6-24(17-43)13-33(25)48-51/h6-13,15-16,19-20,41,46-47,52H,14,21-22,45H2,1-5H3. The molecule has 5 N–H and O–H groups in total. The Balaban J connectivity index is 1.22. The minimum atomic E-state index is -0.678. The highest BCUT2D eigenvalue weighted by molar-refractivity contribution is 5.95. The zero-order valence-electron chi connectivity index (χ0n) is 30.7. The summed E-state index contributed by atoms with van der Waals surface area (Å²) in [6.45, 7) is 6.35. The monoisotopic (exact) mass is 717 g/mol. The Morgan fingerprint density at radius 3 is 2.37 bits per heavy atom. The van der Waals surface area contributed by atoms with Crippen LogP contribution >= 0.6 is 0 Å². The van der Waals surface area contributed by atoms with Crippen LogP contribution in [0.25, 0.3) is 43.6 Å². The predicted octanol–water partition coefficient (Wildman–Crippen LogP) is 7.25. The third-order valence-electron chi connectivity index (χ3n) is 10.6. The number of nitriles is 2. The lowest BCUT2D eigenvalue weighted by molar-refractivity contribution is 0.112. The zero-order chi connectivity index (χ0) is 37.9. The van der Waals surface area contributed by atoms with Crippen molar-refractivity contribution in [3.8, 4) is 23.6 Å². The first kappa shape index (κ1) is 34.3. The van der Waals surface area contributed by atoms with Crippen molar-refractivity contribution in [2.75, 3.05) is 26.6 Å². The molecule has 8 rings (SSSR count). The number of nitrogen functional groups attached to an aromatic ring is 1. The number of hydrogen-bond donors (Lipinski definition) is 4. The molecular formula is C42H39N9O3. The first-order chi connectivity index (χ1) is 26.1. The first-order valence-electron chi connectivity index (χ1n) is 17.6. The van der Waals surface area contributed by atoms with Crippen molar-refractivity contribution in [3.05, 3.63) is 112 Å². The average molecular weight is 718 g/mol. The molecule has 270 valence electrons. The van der Waals surface area contributed by atoms with Gasteiger partial charge in [-0.2, -0.15) is 20.7 Å². The fraction of sp³-hybridized carbons (Fsp3) is 0.238. The number of anilines is 1. The molecule has 0 fully saturated rings. The van der Waals surface area contributed by atoms with E-state index >= 15 is 0 Å². The maximum absolute atomic E-state index is 10.7. The summed E-state index contributed by atoms with van der Waals surface area (Å²) >= 11 is 0. The number of aliphatic hydroxyl groups excluding tert-OH is 1. The van der Waals surface area contributed by atoms with Crippen molar-refractivity contribution < 1.29 is 14.6 Å². The van der Waals surface area contributed by atoms with Crippen LogP contribution in [0.2, 0.25) is 0 Å². The van der Waals surface area contributed by atoms with Gasteiger partial charge in [-0.15, -0.1) is 0 Å². The predicted molar refractivity (Wildman–Crippen MR) is 209 cm³/mol. The molecule has 12 nitrogen and oxygen atoms in total. The summed E-state index contributed by atoms with van der Waals surface area (Å²) in [4.78, 5) is 6.76. The van der Waals surface area contributed by atoms with E-state index in [0.29, 0.717) is 46.6 Å². The van der Waals surface area contributed by atoms with E-state index in [4.69, 9.17) is 25.4 Å². The lowest BCUT2D eigenvalue weighted by Gasteiger charge is -2.34. The van der Waals surface area contributed by atoms with Crippen LogP contribution < -0.4 is 15.2 Å². The van der Waals surface area contributed by atoms with Crippen LogP contribution in [0.4, 0.5) is 5.69 Å². The number of rotatable bonds is 10. The van der Waals surface area contributed by atoms with E-state index in [-0.39, 0.29) is 6.61 Å². The van der Waals surface area contributed by atoms with Crippen molar-refractivity contribution in [1.82, 2.24) is 29.5 Å². The molecule has 0 aliphatic heterocycles. The molecule has 1 atom stereocenters. The zero-order valence-corrected chi connectivity index (χ0v) is 30.7. The second kappa shape index (κ2) is 13.0. The van der Waals surface area contributed by atoms with Gasteiger partial charge in [0.2, 0.25) is 0 Å². The van der Waals surface area contributed by atoms with Gasteiger partial charge in [0.15, 0.2) is 0 Å². The molecular weight excluding hydrogens is 679 g/mol. The van der Waals surface area contributed by atoms with Gasteiger partial charge in [-0.05, 0) is 72.1 Å². The highest BCUT2D eigenvalue weighted by Crippen LogP contribution is 2.46. The Hall–Kier alpha value is -6.76. The molecule has 0 saturated carbocycles. The van der Waals surface area contributed by atoms with Crippen LogP contribution in [0.1, 0.15) is 58.8 Å². The van der Waals surface area contributed by atoms with E-state index < -0.39 is 11.5 Å². The summed E-state index contributed by atoms with van der Waals surface area (Å²) in [5, 5.41) is 44.0. The van der Waals surface area contributed by atoms with Gasteiger partial charge in [-0.3, -0.25) is 9.36 Å². The quantitative estimate of drug-likeness (QED) is 0.107. The summed E-state index contributed by atoms with van der Waals surface area (Å²) in [5.74, 6) is 1.39. The number of hydrogen-bond acceptors (Lipinski definition) is 8. The molecule has 4 aromatic heterocycles. The van der Waals surface area contributed by atoms with Crippen LogP contribution in [0.3, 0.4) is 0 Å². The van der Waals surface area contributed by atoms with E-state index in [1.807, 2.05) is 91.3 Å². The average Bonchev–Trinajstić information content (AvgIpc) is 3.99. The maximum Gasteiger partial charge on any atom is 0.125 e. The maximum atomic E-state index is 10.7. The van der Waals surface area contributed by atoms with E-state index in [1.165, 1.54) is 0 Å². The third-order valence-corrected chi connectivity index (χ3v) is 10.6. The number of H-pyrrole nitrogens is 2. The van der Waals surface area contributed by atoms with Gasteiger partial charge in [0.1, 0.15) is 23.1 Å². The van der Waals surface area contributed by atoms with Crippen molar-refractivity contribution >= 4 is 49.3 Å². The van der Waals surface area contributed by atoms with Crippen LogP contribution in [-0.2, 0) is 13.0 Å². The van der Waals surface area contributed by atoms with Crippen LogP contribution in [-0.4, -0.2) is 55.5 Å². The van der Waals surface area contributed by atoms with Crippen molar-refractivity contribution in [2.45, 2.75) is 39.8 Å². The highest BCUT2D eigenvalue weighted by Gasteiger charge is 2.37. The minimum absolute atomic E-state index is 0.126. The number of nitrogens with zero attached hydrogens (tertiary/aromatic N) is 6. The number of benzene rings is 4. The molecule has 1 unspecified atom stereocenters. The molecule has 0 aliphatic rings. The van der Waals surface area contributed by atoms with E-state index in [1.54, 1.807) is 26.4 Å². The fourth-order valence-corrected chi connectivity index (χ4v) is 7.90. The summed E-state index contributed by atoms with van der Waals surface area (Å²) in [5.41, 5.74) is 15.0. The van der Waals surface area contributed by atoms with Crippen LogP contribution in [0, 0.1) is 35.0 Å². The molecule has 0 bridgehead atoms. The molecule has 0 spiro atoms. The Morgan fingerprint density at radius 2 is 1.65 bits per heavy atom. The molecule has 4 aromatic carbocycles. The van der Waals surface area contributed by atoms with Gasteiger partial charge >= 0.3 is 0 Å².